The van der Waals surface area contributed by atoms with Crippen molar-refractivity contribution in [1.29, 1.82) is 0 Å². The van der Waals surface area contributed by atoms with Crippen LogP contribution < -0.4 is 5.32 Å². The molecular weight excluding hydrogens is 284 g/mol. The van der Waals surface area contributed by atoms with Crippen molar-refractivity contribution in [3.63, 3.8) is 0 Å². The van der Waals surface area contributed by atoms with E-state index in [4.69, 9.17) is 16.6 Å². The predicted octanol–water partition coefficient (Wildman–Crippen LogP) is 3.57. The minimum Gasteiger partial charge on any atom is -0.314 e. The molecule has 0 bridgehead atoms. The quantitative estimate of drug-likeness (QED) is 0.918. The van der Waals surface area contributed by atoms with Crippen molar-refractivity contribution in [2.75, 3.05) is 6.54 Å². The molecule has 2 aromatic heterocycles. The Balaban J connectivity index is 1.82. The average Bonchev–Trinajstić information content (AvgIpc) is 2.83. The lowest BCUT2D eigenvalue weighted by Crippen LogP contribution is -2.34. The Labute approximate surface area is 130 Å². The Morgan fingerprint density at radius 1 is 1.43 bits per heavy atom. The van der Waals surface area contributed by atoms with Crippen molar-refractivity contribution in [3.8, 4) is 0 Å². The highest BCUT2D eigenvalue weighted by Gasteiger charge is 2.16. The van der Waals surface area contributed by atoms with E-state index in [2.05, 4.69) is 21.8 Å². The first kappa shape index (κ1) is 14.8. The number of aromatic nitrogens is 3. The van der Waals surface area contributed by atoms with Gasteiger partial charge in [0.05, 0.1) is 5.02 Å². The largest absolute Gasteiger partial charge is 0.314 e. The fraction of sp³-hybridized carbons (Fsp3) is 0.625. The molecule has 1 aliphatic heterocycles. The molecule has 0 radical (unpaired) electrons. The third-order valence-electron chi connectivity index (χ3n) is 4.22. The molecule has 0 amide bonds. The van der Waals surface area contributed by atoms with E-state index < -0.39 is 0 Å². The van der Waals surface area contributed by atoms with Gasteiger partial charge in [0.15, 0.2) is 5.65 Å². The van der Waals surface area contributed by atoms with Crippen LogP contribution in [0.1, 0.15) is 44.9 Å². The van der Waals surface area contributed by atoms with Gasteiger partial charge >= 0.3 is 0 Å². The second-order valence-electron chi connectivity index (χ2n) is 5.86. The Morgan fingerprint density at radius 3 is 3.10 bits per heavy atom. The summed E-state index contributed by atoms with van der Waals surface area (Å²) in [5.41, 5.74) is 1.89. The zero-order valence-corrected chi connectivity index (χ0v) is 13.4. The van der Waals surface area contributed by atoms with Gasteiger partial charge in [0.2, 0.25) is 0 Å². The number of imidazole rings is 1. The van der Waals surface area contributed by atoms with Crippen molar-refractivity contribution in [2.45, 2.75) is 58.0 Å². The topological polar surface area (TPSA) is 42.7 Å². The molecule has 0 spiro atoms. The second kappa shape index (κ2) is 6.75. The molecule has 5 heteroatoms. The molecule has 3 heterocycles. The highest BCUT2D eigenvalue weighted by molar-refractivity contribution is 6.31. The number of halogens is 1. The number of nitrogens with one attached hydrogen (secondary N) is 1. The fourth-order valence-electron chi connectivity index (χ4n) is 3.14. The average molecular weight is 307 g/mol. The van der Waals surface area contributed by atoms with Gasteiger partial charge in [0, 0.05) is 25.2 Å². The summed E-state index contributed by atoms with van der Waals surface area (Å²) in [4.78, 5) is 9.22. The monoisotopic (exact) mass is 306 g/mol. The fourth-order valence-corrected chi connectivity index (χ4v) is 3.29. The van der Waals surface area contributed by atoms with E-state index >= 15 is 0 Å². The number of rotatable bonds is 5. The minimum atomic E-state index is 0.637. The van der Waals surface area contributed by atoms with Gasteiger partial charge in [0.25, 0.3) is 0 Å². The third-order valence-corrected chi connectivity index (χ3v) is 4.42. The van der Waals surface area contributed by atoms with Crippen LogP contribution in [0.25, 0.3) is 11.2 Å². The molecule has 1 N–H and O–H groups in total. The van der Waals surface area contributed by atoms with Gasteiger partial charge in [-0.25, -0.2) is 9.97 Å². The second-order valence-corrected chi connectivity index (χ2v) is 6.30. The lowest BCUT2D eigenvalue weighted by Gasteiger charge is -2.23. The normalized spacial score (nSPS) is 19.2. The Hall–Kier alpha value is -1.13. The van der Waals surface area contributed by atoms with Gasteiger partial charge in [-0.3, -0.25) is 0 Å². The van der Waals surface area contributed by atoms with Crippen LogP contribution in [0.5, 0.6) is 0 Å². The molecule has 0 saturated carbocycles. The number of aryl methyl sites for hydroxylation is 2. The number of nitrogens with zero attached hydrogens (tertiary/aromatic N) is 3. The first-order chi connectivity index (χ1) is 10.3. The summed E-state index contributed by atoms with van der Waals surface area (Å²) in [5, 5.41) is 4.27. The molecule has 3 rings (SSSR count). The number of hydrogen-bond donors (Lipinski definition) is 1. The molecule has 1 saturated heterocycles. The molecule has 1 unspecified atom stereocenters. The summed E-state index contributed by atoms with van der Waals surface area (Å²) in [6.07, 6.45) is 8.90. The molecule has 21 heavy (non-hydrogen) atoms. The number of fused-ring (bicyclic) bond motifs is 1. The lowest BCUT2D eigenvalue weighted by atomic mass is 10.0. The minimum absolute atomic E-state index is 0.637. The lowest BCUT2D eigenvalue weighted by molar-refractivity contribution is 0.366. The van der Waals surface area contributed by atoms with Crippen molar-refractivity contribution in [1.82, 2.24) is 19.9 Å². The first-order valence-electron chi connectivity index (χ1n) is 8.02. The van der Waals surface area contributed by atoms with Crippen LogP contribution in [0.2, 0.25) is 5.02 Å². The van der Waals surface area contributed by atoms with Gasteiger partial charge in [0.1, 0.15) is 11.3 Å². The summed E-state index contributed by atoms with van der Waals surface area (Å²) in [6, 6.07) is 2.55. The summed E-state index contributed by atoms with van der Waals surface area (Å²) >= 11 is 6.03. The SMILES string of the molecule is CCCc1nc2cc(Cl)cnc2n1CCC1CCCCN1. The van der Waals surface area contributed by atoms with E-state index in [1.165, 1.54) is 19.3 Å². The zero-order valence-electron chi connectivity index (χ0n) is 12.6. The zero-order chi connectivity index (χ0) is 14.7. The number of pyridine rings is 1. The molecule has 1 aliphatic rings. The smallest absolute Gasteiger partial charge is 0.160 e. The van der Waals surface area contributed by atoms with Crippen LogP contribution in [0.4, 0.5) is 0 Å². The first-order valence-corrected chi connectivity index (χ1v) is 8.39. The highest BCUT2D eigenvalue weighted by Crippen LogP contribution is 2.20. The third kappa shape index (κ3) is 3.38. The van der Waals surface area contributed by atoms with Crippen molar-refractivity contribution in [2.24, 2.45) is 0 Å². The number of piperidine rings is 1. The van der Waals surface area contributed by atoms with Crippen LogP contribution >= 0.6 is 11.6 Å². The van der Waals surface area contributed by atoms with Crippen LogP contribution in [-0.4, -0.2) is 27.1 Å². The maximum Gasteiger partial charge on any atom is 0.160 e. The van der Waals surface area contributed by atoms with Crippen LogP contribution in [-0.2, 0) is 13.0 Å². The summed E-state index contributed by atoms with van der Waals surface area (Å²) < 4.78 is 2.28. The molecule has 114 valence electrons. The standard InChI is InChI=1S/C16H23ClN4/c1-2-5-15-20-14-10-12(17)11-19-16(14)21(15)9-7-13-6-3-4-8-18-13/h10-11,13,18H,2-9H2,1H3. The molecular formula is C16H23ClN4. The van der Waals surface area contributed by atoms with Gasteiger partial charge < -0.3 is 9.88 Å². The maximum atomic E-state index is 6.03. The van der Waals surface area contributed by atoms with E-state index in [1.807, 2.05) is 6.07 Å². The van der Waals surface area contributed by atoms with Gasteiger partial charge in [-0.1, -0.05) is 24.9 Å². The van der Waals surface area contributed by atoms with Crippen molar-refractivity contribution >= 4 is 22.8 Å². The van der Waals surface area contributed by atoms with E-state index in [0.717, 1.165) is 49.3 Å². The predicted molar refractivity (Wildman–Crippen MR) is 86.8 cm³/mol. The molecule has 2 aromatic rings. The van der Waals surface area contributed by atoms with E-state index in [9.17, 15) is 0 Å². The molecule has 0 aliphatic carbocycles. The van der Waals surface area contributed by atoms with E-state index in [1.54, 1.807) is 6.20 Å². The van der Waals surface area contributed by atoms with E-state index in [0.29, 0.717) is 11.1 Å². The number of hydrogen-bond acceptors (Lipinski definition) is 3. The summed E-state index contributed by atoms with van der Waals surface area (Å²) in [5.74, 6) is 1.14. The van der Waals surface area contributed by atoms with Gasteiger partial charge in [-0.05, 0) is 38.3 Å². The molecule has 4 nitrogen and oxygen atoms in total. The molecule has 0 aromatic carbocycles. The van der Waals surface area contributed by atoms with Gasteiger partial charge in [-0.15, -0.1) is 0 Å². The van der Waals surface area contributed by atoms with Crippen LogP contribution in [0, 0.1) is 0 Å². The van der Waals surface area contributed by atoms with Crippen molar-refractivity contribution in [3.05, 3.63) is 23.1 Å². The Morgan fingerprint density at radius 2 is 2.33 bits per heavy atom. The summed E-state index contributed by atoms with van der Waals surface area (Å²) in [7, 11) is 0. The van der Waals surface area contributed by atoms with E-state index in [-0.39, 0.29) is 0 Å². The molecule has 1 fully saturated rings. The van der Waals surface area contributed by atoms with Gasteiger partial charge in [-0.2, -0.15) is 0 Å². The Bertz CT molecular complexity index is 602. The maximum absolute atomic E-state index is 6.03. The van der Waals surface area contributed by atoms with Crippen molar-refractivity contribution < 1.29 is 0 Å². The summed E-state index contributed by atoms with van der Waals surface area (Å²) in [6.45, 7) is 4.33. The highest BCUT2D eigenvalue weighted by atomic mass is 35.5. The molecule has 1 atom stereocenters. The Kier molecular flexibility index (Phi) is 4.76. The van der Waals surface area contributed by atoms with Crippen LogP contribution in [0.3, 0.4) is 0 Å². The van der Waals surface area contributed by atoms with Crippen LogP contribution in [0.15, 0.2) is 12.3 Å².